The maximum atomic E-state index is 12.2. The molecule has 1 N–H and O–H groups in total. The van der Waals surface area contributed by atoms with Crippen LogP contribution in [0.25, 0.3) is 0 Å². The molecular formula is C17H35NO4Si. The lowest BCUT2D eigenvalue weighted by Gasteiger charge is -2.44. The van der Waals surface area contributed by atoms with Gasteiger partial charge < -0.3 is 14.3 Å². The third-order valence-electron chi connectivity index (χ3n) is 5.66. The van der Waals surface area contributed by atoms with Gasteiger partial charge in [0.15, 0.2) is 8.32 Å². The average molecular weight is 346 g/mol. The minimum Gasteiger partial charge on any atom is -0.453 e. The zero-order valence-electron chi connectivity index (χ0n) is 15.9. The second-order valence-electron chi connectivity index (χ2n) is 8.23. The fourth-order valence-electron chi connectivity index (χ4n) is 2.94. The van der Waals surface area contributed by atoms with E-state index >= 15 is 0 Å². The van der Waals surface area contributed by atoms with Crippen LogP contribution in [0.4, 0.5) is 4.79 Å². The molecule has 0 aliphatic carbocycles. The molecule has 0 saturated carbocycles. The summed E-state index contributed by atoms with van der Waals surface area (Å²) in [4.78, 5) is 13.9. The highest BCUT2D eigenvalue weighted by molar-refractivity contribution is 6.74. The van der Waals surface area contributed by atoms with Gasteiger partial charge in [0.1, 0.15) is 0 Å². The van der Waals surface area contributed by atoms with Crippen LogP contribution in [-0.2, 0) is 9.16 Å². The van der Waals surface area contributed by atoms with Crippen LogP contribution in [0.5, 0.6) is 0 Å². The molecule has 1 rings (SSSR count). The van der Waals surface area contributed by atoms with Crippen LogP contribution < -0.4 is 0 Å². The Labute approximate surface area is 142 Å². The molecule has 1 heterocycles. The van der Waals surface area contributed by atoms with E-state index in [0.29, 0.717) is 6.61 Å². The molecule has 0 bridgehead atoms. The zero-order valence-corrected chi connectivity index (χ0v) is 16.9. The van der Waals surface area contributed by atoms with Crippen molar-refractivity contribution in [2.24, 2.45) is 5.92 Å². The summed E-state index contributed by atoms with van der Waals surface area (Å²) in [5, 5.41) is 9.87. The van der Waals surface area contributed by atoms with E-state index in [4.69, 9.17) is 9.16 Å². The topological polar surface area (TPSA) is 59.0 Å². The Morgan fingerprint density at radius 3 is 2.39 bits per heavy atom. The van der Waals surface area contributed by atoms with Crippen molar-refractivity contribution < 1.29 is 19.1 Å². The summed E-state index contributed by atoms with van der Waals surface area (Å²) >= 11 is 0. The molecule has 0 aromatic heterocycles. The number of hydrogen-bond donors (Lipinski definition) is 1. The second-order valence-corrected chi connectivity index (χ2v) is 13.0. The van der Waals surface area contributed by atoms with E-state index in [2.05, 4.69) is 40.8 Å². The Kier molecular flexibility index (Phi) is 7.10. The number of nitrogens with zero attached hydrogens (tertiary/aromatic N) is 1. The van der Waals surface area contributed by atoms with Gasteiger partial charge in [-0.25, -0.2) is 4.79 Å². The van der Waals surface area contributed by atoms with Gasteiger partial charge >= 0.3 is 6.09 Å². The summed E-state index contributed by atoms with van der Waals surface area (Å²) in [7, 11) is -0.368. The molecule has 0 spiro atoms. The van der Waals surface area contributed by atoms with Gasteiger partial charge in [-0.05, 0) is 43.3 Å². The van der Waals surface area contributed by atoms with Crippen LogP contribution in [0.3, 0.4) is 0 Å². The van der Waals surface area contributed by atoms with Gasteiger partial charge in [0.05, 0.1) is 19.8 Å². The molecule has 5 nitrogen and oxygen atoms in total. The van der Waals surface area contributed by atoms with Gasteiger partial charge in [-0.3, -0.25) is 4.90 Å². The molecule has 6 heteroatoms. The number of carbonyl (C=O) groups excluding carboxylic acids is 1. The van der Waals surface area contributed by atoms with E-state index in [1.165, 1.54) is 7.11 Å². The van der Waals surface area contributed by atoms with Crippen molar-refractivity contribution in [2.75, 3.05) is 20.3 Å². The number of likely N-dealkylation sites (tertiary alicyclic amines) is 1. The number of aliphatic hydroxyl groups excluding tert-OH is 1. The second kappa shape index (κ2) is 7.99. The number of ether oxygens (including phenoxy) is 1. The number of methoxy groups -OCH3 is 1. The van der Waals surface area contributed by atoms with Gasteiger partial charge in [-0.15, -0.1) is 0 Å². The summed E-state index contributed by atoms with van der Waals surface area (Å²) < 4.78 is 11.2. The van der Waals surface area contributed by atoms with Crippen LogP contribution >= 0.6 is 0 Å². The molecule has 23 heavy (non-hydrogen) atoms. The molecule has 0 aromatic rings. The first-order valence-corrected chi connectivity index (χ1v) is 11.6. The zero-order chi connectivity index (χ0) is 17.8. The summed E-state index contributed by atoms with van der Waals surface area (Å²) in [6, 6.07) is -0.0744. The van der Waals surface area contributed by atoms with Crippen LogP contribution in [0, 0.1) is 5.92 Å². The molecule has 1 amide bonds. The highest BCUT2D eigenvalue weighted by Gasteiger charge is 2.40. The minimum atomic E-state index is -1.77. The number of piperidine rings is 1. The molecule has 1 saturated heterocycles. The lowest BCUT2D eigenvalue weighted by Crippen LogP contribution is -2.55. The van der Waals surface area contributed by atoms with E-state index in [0.717, 1.165) is 19.3 Å². The van der Waals surface area contributed by atoms with Gasteiger partial charge in [-0.2, -0.15) is 0 Å². The Bertz CT molecular complexity index is 395. The molecule has 3 atom stereocenters. The highest BCUT2D eigenvalue weighted by atomic mass is 28.4. The van der Waals surface area contributed by atoms with Crippen molar-refractivity contribution in [3.8, 4) is 0 Å². The predicted octanol–water partition coefficient (Wildman–Crippen LogP) is 3.63. The highest BCUT2D eigenvalue weighted by Crippen LogP contribution is 2.37. The summed E-state index contributed by atoms with van der Waals surface area (Å²) in [5.74, 6) is 0.289. The number of aliphatic hydroxyl groups is 1. The van der Waals surface area contributed by atoms with Crippen molar-refractivity contribution in [3.05, 3.63) is 0 Å². The number of rotatable bonds is 5. The molecular weight excluding hydrogens is 310 g/mol. The SMILES string of the molecule is COC(=O)N1[C@H](CCO[Si](C)(C)C(C)(C)C)CC[C@@H](C)[C@@H]1CO. The quantitative estimate of drug-likeness (QED) is 0.773. The van der Waals surface area contributed by atoms with Gasteiger partial charge in [0, 0.05) is 12.6 Å². The first-order chi connectivity index (χ1) is 10.5. The first-order valence-electron chi connectivity index (χ1n) is 8.66. The summed E-state index contributed by atoms with van der Waals surface area (Å²) in [6.07, 6.45) is 2.41. The molecule has 0 unspecified atom stereocenters. The number of amides is 1. The normalized spacial score (nSPS) is 26.3. The molecule has 0 radical (unpaired) electrons. The Hall–Kier alpha value is -0.593. The molecule has 136 valence electrons. The van der Waals surface area contributed by atoms with Crippen molar-refractivity contribution in [2.45, 2.75) is 77.2 Å². The van der Waals surface area contributed by atoms with Crippen LogP contribution in [-0.4, -0.2) is 56.8 Å². The van der Waals surface area contributed by atoms with Crippen molar-refractivity contribution in [1.82, 2.24) is 4.90 Å². The summed E-state index contributed by atoms with van der Waals surface area (Å²) in [6.45, 7) is 13.9. The summed E-state index contributed by atoms with van der Waals surface area (Å²) in [5.41, 5.74) is 0. The standard InChI is InChI=1S/C17H35NO4Si/c1-13-8-9-14(18(15(13)12-19)16(20)21-5)10-11-22-23(6,7)17(2,3)4/h13-15,19H,8-12H2,1-7H3/t13-,14+,15+/m1/s1. The first kappa shape index (κ1) is 20.5. The molecule has 0 aromatic carbocycles. The largest absolute Gasteiger partial charge is 0.453 e. The lowest BCUT2D eigenvalue weighted by molar-refractivity contribution is 0.00527. The third-order valence-corrected chi connectivity index (χ3v) is 10.2. The Morgan fingerprint density at radius 1 is 1.30 bits per heavy atom. The third kappa shape index (κ3) is 4.94. The maximum Gasteiger partial charge on any atom is 0.410 e. The Morgan fingerprint density at radius 2 is 1.91 bits per heavy atom. The lowest BCUT2D eigenvalue weighted by atomic mass is 9.86. The monoisotopic (exact) mass is 345 g/mol. The average Bonchev–Trinajstić information content (AvgIpc) is 2.46. The number of carbonyl (C=O) groups is 1. The van der Waals surface area contributed by atoms with Crippen LogP contribution in [0.15, 0.2) is 0 Å². The molecule has 1 aliphatic heterocycles. The Balaban J connectivity index is 2.72. The van der Waals surface area contributed by atoms with Gasteiger partial charge in [-0.1, -0.05) is 27.7 Å². The van der Waals surface area contributed by atoms with Crippen molar-refractivity contribution in [3.63, 3.8) is 0 Å². The fraction of sp³-hybridized carbons (Fsp3) is 0.941. The van der Waals surface area contributed by atoms with E-state index in [1.807, 2.05) is 0 Å². The predicted molar refractivity (Wildman–Crippen MR) is 95.1 cm³/mol. The van der Waals surface area contributed by atoms with E-state index < -0.39 is 8.32 Å². The van der Waals surface area contributed by atoms with Gasteiger partial charge in [0.2, 0.25) is 0 Å². The van der Waals surface area contributed by atoms with E-state index in [9.17, 15) is 9.90 Å². The van der Waals surface area contributed by atoms with E-state index in [-0.39, 0.29) is 35.7 Å². The van der Waals surface area contributed by atoms with Crippen LogP contribution in [0.1, 0.15) is 47.0 Å². The van der Waals surface area contributed by atoms with E-state index in [1.54, 1.807) is 4.90 Å². The van der Waals surface area contributed by atoms with Gasteiger partial charge in [0.25, 0.3) is 0 Å². The van der Waals surface area contributed by atoms with Crippen molar-refractivity contribution >= 4 is 14.4 Å². The van der Waals surface area contributed by atoms with Crippen LogP contribution in [0.2, 0.25) is 18.1 Å². The maximum absolute atomic E-state index is 12.2. The molecule has 1 fully saturated rings. The smallest absolute Gasteiger partial charge is 0.410 e. The number of hydrogen-bond acceptors (Lipinski definition) is 4. The van der Waals surface area contributed by atoms with Crippen molar-refractivity contribution in [1.29, 1.82) is 0 Å². The fourth-order valence-corrected chi connectivity index (χ4v) is 4.00. The molecule has 1 aliphatic rings. The minimum absolute atomic E-state index is 0.0180.